The van der Waals surface area contributed by atoms with Gasteiger partial charge in [-0.2, -0.15) is 4.98 Å². The number of fused-ring (bicyclic) bond motifs is 1. The number of anilines is 1. The highest BCUT2D eigenvalue weighted by atomic mass is 16.5. The van der Waals surface area contributed by atoms with Crippen molar-refractivity contribution in [3.05, 3.63) is 12.0 Å². The summed E-state index contributed by atoms with van der Waals surface area (Å²) < 4.78 is 6.21. The predicted molar refractivity (Wildman–Crippen MR) is 80.2 cm³/mol. The zero-order valence-corrected chi connectivity index (χ0v) is 12.9. The lowest BCUT2D eigenvalue weighted by molar-refractivity contribution is -0.141. The van der Waals surface area contributed by atoms with E-state index in [2.05, 4.69) is 25.0 Å². The van der Waals surface area contributed by atoms with Crippen molar-refractivity contribution in [2.24, 2.45) is 0 Å². The first-order chi connectivity index (χ1) is 10.5. The Hall–Kier alpha value is -2.51. The number of imidazole rings is 1. The highest BCUT2D eigenvalue weighted by Crippen LogP contribution is 2.16. The molecule has 8 heteroatoms. The van der Waals surface area contributed by atoms with E-state index in [4.69, 9.17) is 0 Å². The molecule has 0 fully saturated rings. The van der Waals surface area contributed by atoms with Gasteiger partial charge in [0.15, 0.2) is 5.65 Å². The van der Waals surface area contributed by atoms with Crippen LogP contribution in [0.4, 0.5) is 5.95 Å². The van der Waals surface area contributed by atoms with E-state index in [9.17, 15) is 9.59 Å². The molecule has 0 aromatic carbocycles. The van der Waals surface area contributed by atoms with E-state index in [0.29, 0.717) is 23.3 Å². The Labute approximate surface area is 127 Å². The molecule has 2 rings (SSSR count). The van der Waals surface area contributed by atoms with Crippen LogP contribution < -0.4 is 5.32 Å². The molecule has 22 heavy (non-hydrogen) atoms. The van der Waals surface area contributed by atoms with Crippen LogP contribution in [-0.4, -0.2) is 38.5 Å². The number of carbonyl (C=O) groups excluding carboxylic acids is 2. The van der Waals surface area contributed by atoms with Crippen molar-refractivity contribution in [1.82, 2.24) is 19.5 Å². The summed E-state index contributed by atoms with van der Waals surface area (Å²) in [5.41, 5.74) is 1.72. The molecular formula is C14H19N5O3. The van der Waals surface area contributed by atoms with Gasteiger partial charge in [0.2, 0.25) is 11.9 Å². The average molecular weight is 305 g/mol. The number of ether oxygens (including phenoxy) is 1. The van der Waals surface area contributed by atoms with E-state index < -0.39 is 5.97 Å². The maximum Gasteiger partial charge on any atom is 0.325 e. The number of hydrogen-bond donors (Lipinski definition) is 1. The lowest BCUT2D eigenvalue weighted by Crippen LogP contribution is -2.15. The molecule has 0 spiro atoms. The van der Waals surface area contributed by atoms with Crippen LogP contribution in [0.15, 0.2) is 6.33 Å². The fourth-order valence-corrected chi connectivity index (χ4v) is 1.99. The van der Waals surface area contributed by atoms with Crippen LogP contribution in [0, 0.1) is 6.92 Å². The summed E-state index contributed by atoms with van der Waals surface area (Å²) in [7, 11) is 1.32. The minimum Gasteiger partial charge on any atom is -0.468 e. The largest absolute Gasteiger partial charge is 0.468 e. The quantitative estimate of drug-likeness (QED) is 0.811. The molecule has 2 heterocycles. The van der Waals surface area contributed by atoms with Crippen LogP contribution in [0.2, 0.25) is 0 Å². The molecule has 0 aliphatic carbocycles. The summed E-state index contributed by atoms with van der Waals surface area (Å²) in [5.74, 6) is -0.304. The highest BCUT2D eigenvalue weighted by molar-refractivity contribution is 5.90. The first-order valence-electron chi connectivity index (χ1n) is 7.11. The number of esters is 1. The molecule has 8 nitrogen and oxygen atoms in total. The first-order valence-corrected chi connectivity index (χ1v) is 7.11. The minimum absolute atomic E-state index is 0.00662. The summed E-state index contributed by atoms with van der Waals surface area (Å²) in [4.78, 5) is 35.9. The molecule has 0 unspecified atom stereocenters. The van der Waals surface area contributed by atoms with Crippen molar-refractivity contribution in [2.45, 2.75) is 39.7 Å². The summed E-state index contributed by atoms with van der Waals surface area (Å²) >= 11 is 0. The van der Waals surface area contributed by atoms with Gasteiger partial charge in [0, 0.05) is 6.42 Å². The number of nitrogens with one attached hydrogen (secondary N) is 1. The van der Waals surface area contributed by atoms with Crippen molar-refractivity contribution >= 4 is 29.0 Å². The van der Waals surface area contributed by atoms with Gasteiger partial charge in [-0.3, -0.25) is 14.9 Å². The molecule has 0 radical (unpaired) electrons. The predicted octanol–water partition coefficient (Wildman–Crippen LogP) is 1.44. The Morgan fingerprint density at radius 3 is 2.82 bits per heavy atom. The summed E-state index contributed by atoms with van der Waals surface area (Å²) in [6.45, 7) is 3.80. The molecule has 1 amide bonds. The number of amides is 1. The molecule has 0 saturated heterocycles. The van der Waals surface area contributed by atoms with E-state index in [1.807, 2.05) is 6.92 Å². The second-order valence-electron chi connectivity index (χ2n) is 4.91. The summed E-state index contributed by atoms with van der Waals surface area (Å²) in [6, 6.07) is 0. The minimum atomic E-state index is -0.399. The first kappa shape index (κ1) is 15.9. The van der Waals surface area contributed by atoms with Gasteiger partial charge in [0.05, 0.1) is 19.1 Å². The van der Waals surface area contributed by atoms with Gasteiger partial charge >= 0.3 is 5.97 Å². The van der Waals surface area contributed by atoms with Crippen molar-refractivity contribution in [3.8, 4) is 0 Å². The lowest BCUT2D eigenvalue weighted by Gasteiger charge is -2.06. The van der Waals surface area contributed by atoms with Gasteiger partial charge in [-0.1, -0.05) is 13.3 Å². The molecule has 0 aliphatic heterocycles. The van der Waals surface area contributed by atoms with Crippen LogP contribution in [0.1, 0.15) is 31.9 Å². The Morgan fingerprint density at radius 1 is 1.36 bits per heavy atom. The van der Waals surface area contributed by atoms with Crippen LogP contribution in [0.5, 0.6) is 0 Å². The Kier molecular flexibility index (Phi) is 5.03. The number of rotatable bonds is 6. The standard InChI is InChI=1S/C14H19N5O3/c1-4-5-6-10(20)17-14-16-9(2)12-13(18-14)19(8-15-12)7-11(21)22-3/h8H,4-7H2,1-3H3,(H,16,17,18,20). The number of hydrogen-bond acceptors (Lipinski definition) is 6. The van der Waals surface area contributed by atoms with Crippen molar-refractivity contribution < 1.29 is 14.3 Å². The number of carbonyl (C=O) groups is 2. The third-order valence-electron chi connectivity index (χ3n) is 3.17. The lowest BCUT2D eigenvalue weighted by atomic mass is 10.2. The summed E-state index contributed by atoms with van der Waals surface area (Å²) in [6.07, 6.45) is 3.69. The number of aromatic nitrogens is 4. The number of nitrogens with zero attached hydrogens (tertiary/aromatic N) is 4. The Balaban J connectivity index is 2.27. The third kappa shape index (κ3) is 3.57. The number of methoxy groups -OCH3 is 1. The zero-order chi connectivity index (χ0) is 16.1. The second kappa shape index (κ2) is 6.97. The van der Waals surface area contributed by atoms with Crippen LogP contribution >= 0.6 is 0 Å². The normalized spacial score (nSPS) is 10.7. The summed E-state index contributed by atoms with van der Waals surface area (Å²) in [5, 5.41) is 2.68. The van der Waals surface area contributed by atoms with Gasteiger partial charge < -0.3 is 9.30 Å². The van der Waals surface area contributed by atoms with Crippen LogP contribution in [0.25, 0.3) is 11.2 Å². The van der Waals surface area contributed by atoms with E-state index in [1.165, 1.54) is 13.4 Å². The van der Waals surface area contributed by atoms with E-state index in [-0.39, 0.29) is 18.4 Å². The van der Waals surface area contributed by atoms with E-state index >= 15 is 0 Å². The SMILES string of the molecule is CCCCC(=O)Nc1nc(C)c2ncn(CC(=O)OC)c2n1. The number of aryl methyl sites for hydroxylation is 1. The Bertz CT molecular complexity index is 695. The highest BCUT2D eigenvalue weighted by Gasteiger charge is 2.14. The second-order valence-corrected chi connectivity index (χ2v) is 4.91. The van der Waals surface area contributed by atoms with Crippen LogP contribution in [-0.2, 0) is 20.9 Å². The van der Waals surface area contributed by atoms with Gasteiger partial charge in [0.1, 0.15) is 12.1 Å². The Morgan fingerprint density at radius 2 is 2.14 bits per heavy atom. The molecule has 0 bridgehead atoms. The van der Waals surface area contributed by atoms with Gasteiger partial charge in [-0.15, -0.1) is 0 Å². The van der Waals surface area contributed by atoms with Gasteiger partial charge in [0.25, 0.3) is 0 Å². The third-order valence-corrected chi connectivity index (χ3v) is 3.17. The average Bonchev–Trinajstić information content (AvgIpc) is 2.88. The molecule has 0 atom stereocenters. The molecular weight excluding hydrogens is 286 g/mol. The molecule has 2 aromatic rings. The topological polar surface area (TPSA) is 99.0 Å². The number of unbranched alkanes of at least 4 members (excludes halogenated alkanes) is 1. The smallest absolute Gasteiger partial charge is 0.325 e. The molecule has 0 aliphatic rings. The molecule has 118 valence electrons. The van der Waals surface area contributed by atoms with Gasteiger partial charge in [-0.25, -0.2) is 9.97 Å². The monoisotopic (exact) mass is 305 g/mol. The maximum atomic E-state index is 11.8. The molecule has 2 aromatic heterocycles. The maximum absolute atomic E-state index is 11.8. The van der Waals surface area contributed by atoms with E-state index in [0.717, 1.165) is 12.8 Å². The molecule has 1 N–H and O–H groups in total. The fourth-order valence-electron chi connectivity index (χ4n) is 1.99. The van der Waals surface area contributed by atoms with E-state index in [1.54, 1.807) is 11.5 Å². The zero-order valence-electron chi connectivity index (χ0n) is 12.9. The van der Waals surface area contributed by atoms with Gasteiger partial charge in [-0.05, 0) is 13.3 Å². The van der Waals surface area contributed by atoms with Crippen molar-refractivity contribution in [1.29, 1.82) is 0 Å². The van der Waals surface area contributed by atoms with Crippen molar-refractivity contribution in [3.63, 3.8) is 0 Å². The molecule has 0 saturated carbocycles. The fraction of sp³-hybridized carbons (Fsp3) is 0.500. The van der Waals surface area contributed by atoms with Crippen molar-refractivity contribution in [2.75, 3.05) is 12.4 Å². The van der Waals surface area contributed by atoms with Crippen LogP contribution in [0.3, 0.4) is 0 Å².